The molecular weight excluding hydrogens is 172 g/mol. The van der Waals surface area contributed by atoms with Crippen LogP contribution >= 0.6 is 11.3 Å². The number of hydrogen-bond donors (Lipinski definition) is 2. The predicted octanol–water partition coefficient (Wildman–Crippen LogP) is 1.48. The molecular formula is C8H14N2OS. The highest BCUT2D eigenvalue weighted by Gasteiger charge is 2.14. The lowest BCUT2D eigenvalue weighted by atomic mass is 9.98. The zero-order valence-electron chi connectivity index (χ0n) is 7.33. The molecule has 0 bridgehead atoms. The highest BCUT2D eigenvalue weighted by molar-refractivity contribution is 7.07. The van der Waals surface area contributed by atoms with E-state index >= 15 is 0 Å². The molecule has 2 atom stereocenters. The molecule has 0 amide bonds. The van der Waals surface area contributed by atoms with E-state index in [4.69, 9.17) is 5.73 Å². The van der Waals surface area contributed by atoms with E-state index in [9.17, 15) is 4.79 Å². The van der Waals surface area contributed by atoms with Crippen molar-refractivity contribution < 1.29 is 0 Å². The minimum absolute atomic E-state index is 0.0243. The van der Waals surface area contributed by atoms with Gasteiger partial charge in [0, 0.05) is 17.1 Å². The second-order valence-corrected chi connectivity index (χ2v) is 3.86. The molecule has 3 nitrogen and oxygen atoms in total. The molecule has 0 aliphatic heterocycles. The van der Waals surface area contributed by atoms with Crippen LogP contribution < -0.4 is 10.6 Å². The van der Waals surface area contributed by atoms with Crippen LogP contribution in [0.1, 0.15) is 32.0 Å². The highest BCUT2D eigenvalue weighted by Crippen LogP contribution is 2.19. The average Bonchev–Trinajstić information content (AvgIpc) is 2.49. The molecule has 1 rings (SSSR count). The first kappa shape index (κ1) is 9.48. The SMILES string of the molecule is CCC(C)C(N)c1csc(=O)[nH]1. The number of nitrogens with two attached hydrogens (primary N) is 1. The molecule has 1 heterocycles. The molecule has 0 saturated heterocycles. The first-order valence-corrected chi connectivity index (χ1v) is 4.96. The second-order valence-electron chi connectivity index (χ2n) is 3.01. The summed E-state index contributed by atoms with van der Waals surface area (Å²) < 4.78 is 0. The lowest BCUT2D eigenvalue weighted by Crippen LogP contribution is -2.19. The average molecular weight is 186 g/mol. The summed E-state index contributed by atoms with van der Waals surface area (Å²) in [6.45, 7) is 4.18. The topological polar surface area (TPSA) is 58.9 Å². The first-order valence-electron chi connectivity index (χ1n) is 4.08. The van der Waals surface area contributed by atoms with Crippen LogP contribution in [-0.2, 0) is 0 Å². The Morgan fingerprint density at radius 2 is 2.42 bits per heavy atom. The number of H-pyrrole nitrogens is 1. The molecule has 0 radical (unpaired) electrons. The predicted molar refractivity (Wildman–Crippen MR) is 51.3 cm³/mol. The second kappa shape index (κ2) is 3.87. The van der Waals surface area contributed by atoms with Gasteiger partial charge < -0.3 is 10.7 Å². The summed E-state index contributed by atoms with van der Waals surface area (Å²) >= 11 is 1.17. The van der Waals surface area contributed by atoms with Gasteiger partial charge in [-0.05, 0) is 5.92 Å². The van der Waals surface area contributed by atoms with Crippen LogP contribution in [-0.4, -0.2) is 4.98 Å². The minimum atomic E-state index is -0.0334. The number of thiazole rings is 1. The van der Waals surface area contributed by atoms with Gasteiger partial charge in [0.2, 0.25) is 0 Å². The van der Waals surface area contributed by atoms with Gasteiger partial charge in [-0.3, -0.25) is 4.79 Å². The van der Waals surface area contributed by atoms with Crippen LogP contribution in [0.15, 0.2) is 10.2 Å². The van der Waals surface area contributed by atoms with Gasteiger partial charge in [-0.1, -0.05) is 31.6 Å². The number of aromatic nitrogens is 1. The Hall–Kier alpha value is -0.610. The summed E-state index contributed by atoms with van der Waals surface area (Å²) in [5, 5.41) is 1.80. The van der Waals surface area contributed by atoms with E-state index in [0.29, 0.717) is 5.92 Å². The molecule has 0 aromatic carbocycles. The smallest absolute Gasteiger partial charge is 0.304 e. The Morgan fingerprint density at radius 3 is 2.83 bits per heavy atom. The van der Waals surface area contributed by atoms with E-state index in [2.05, 4.69) is 18.8 Å². The zero-order valence-corrected chi connectivity index (χ0v) is 8.15. The molecule has 1 aromatic heterocycles. The van der Waals surface area contributed by atoms with Crippen LogP contribution in [0.5, 0.6) is 0 Å². The third-order valence-corrected chi connectivity index (χ3v) is 2.84. The number of rotatable bonds is 3. The van der Waals surface area contributed by atoms with Gasteiger partial charge in [0.05, 0.1) is 0 Å². The molecule has 0 fully saturated rings. The van der Waals surface area contributed by atoms with Crippen LogP contribution in [0.2, 0.25) is 0 Å². The van der Waals surface area contributed by atoms with E-state index in [1.54, 1.807) is 5.38 Å². The van der Waals surface area contributed by atoms with Crippen molar-refractivity contribution in [2.75, 3.05) is 0 Å². The van der Waals surface area contributed by atoms with Crippen molar-refractivity contribution in [3.8, 4) is 0 Å². The summed E-state index contributed by atoms with van der Waals surface area (Å²) in [5.74, 6) is 0.412. The van der Waals surface area contributed by atoms with E-state index in [1.807, 2.05) is 0 Å². The largest absolute Gasteiger partial charge is 0.322 e. The molecule has 0 aliphatic rings. The van der Waals surface area contributed by atoms with Gasteiger partial charge in [0.15, 0.2) is 0 Å². The van der Waals surface area contributed by atoms with E-state index < -0.39 is 0 Å². The third kappa shape index (κ3) is 1.95. The maximum Gasteiger partial charge on any atom is 0.304 e. The van der Waals surface area contributed by atoms with E-state index in [-0.39, 0.29) is 10.9 Å². The maximum atomic E-state index is 10.8. The lowest BCUT2D eigenvalue weighted by Gasteiger charge is -2.15. The first-order chi connectivity index (χ1) is 5.65. The van der Waals surface area contributed by atoms with E-state index in [0.717, 1.165) is 12.1 Å². The van der Waals surface area contributed by atoms with Gasteiger partial charge in [0.1, 0.15) is 0 Å². The molecule has 12 heavy (non-hydrogen) atoms. The van der Waals surface area contributed by atoms with Gasteiger partial charge in [0.25, 0.3) is 0 Å². The molecule has 68 valence electrons. The van der Waals surface area contributed by atoms with Crippen LogP contribution in [0.3, 0.4) is 0 Å². The Kier molecular flexibility index (Phi) is 3.05. The fourth-order valence-electron chi connectivity index (χ4n) is 1.02. The van der Waals surface area contributed by atoms with Crippen molar-refractivity contribution in [1.29, 1.82) is 0 Å². The fourth-order valence-corrected chi connectivity index (χ4v) is 1.64. The Morgan fingerprint density at radius 1 is 1.75 bits per heavy atom. The quantitative estimate of drug-likeness (QED) is 0.751. The van der Waals surface area contributed by atoms with Gasteiger partial charge in [-0.25, -0.2) is 0 Å². The fraction of sp³-hybridized carbons (Fsp3) is 0.625. The summed E-state index contributed by atoms with van der Waals surface area (Å²) in [7, 11) is 0. The third-order valence-electron chi connectivity index (χ3n) is 2.16. The summed E-state index contributed by atoms with van der Waals surface area (Å²) in [5.41, 5.74) is 6.76. The van der Waals surface area contributed by atoms with Crippen molar-refractivity contribution in [3.63, 3.8) is 0 Å². The Balaban J connectivity index is 2.77. The van der Waals surface area contributed by atoms with Gasteiger partial charge >= 0.3 is 4.87 Å². The molecule has 0 saturated carbocycles. The van der Waals surface area contributed by atoms with Gasteiger partial charge in [-0.15, -0.1) is 0 Å². The summed E-state index contributed by atoms with van der Waals surface area (Å²) in [6.07, 6.45) is 1.03. The molecule has 4 heteroatoms. The maximum absolute atomic E-state index is 10.8. The minimum Gasteiger partial charge on any atom is -0.322 e. The molecule has 0 spiro atoms. The number of nitrogens with one attached hydrogen (secondary N) is 1. The Bertz CT molecular complexity index is 291. The number of aromatic amines is 1. The molecule has 0 aliphatic carbocycles. The van der Waals surface area contributed by atoms with Crippen LogP contribution in [0, 0.1) is 5.92 Å². The zero-order chi connectivity index (χ0) is 9.14. The normalized spacial score (nSPS) is 15.9. The monoisotopic (exact) mass is 186 g/mol. The molecule has 2 unspecified atom stereocenters. The van der Waals surface area contributed by atoms with E-state index in [1.165, 1.54) is 11.3 Å². The lowest BCUT2D eigenvalue weighted by molar-refractivity contribution is 0.449. The highest BCUT2D eigenvalue weighted by atomic mass is 32.1. The van der Waals surface area contributed by atoms with Crippen molar-refractivity contribution >= 4 is 11.3 Å². The van der Waals surface area contributed by atoms with Crippen LogP contribution in [0.4, 0.5) is 0 Å². The molecule has 3 N–H and O–H groups in total. The number of hydrogen-bond acceptors (Lipinski definition) is 3. The summed E-state index contributed by atoms with van der Waals surface area (Å²) in [6, 6.07) is -0.0334. The van der Waals surface area contributed by atoms with Crippen LogP contribution in [0.25, 0.3) is 0 Å². The Labute approximate surface area is 75.6 Å². The van der Waals surface area contributed by atoms with Crippen molar-refractivity contribution in [3.05, 3.63) is 20.7 Å². The summed E-state index contributed by atoms with van der Waals surface area (Å²) in [4.78, 5) is 13.5. The van der Waals surface area contributed by atoms with Crippen molar-refractivity contribution in [2.24, 2.45) is 11.7 Å². The van der Waals surface area contributed by atoms with Gasteiger partial charge in [-0.2, -0.15) is 0 Å². The van der Waals surface area contributed by atoms with Crippen molar-refractivity contribution in [2.45, 2.75) is 26.3 Å². The standard InChI is InChI=1S/C8H14N2OS/c1-3-5(2)7(9)6-4-12-8(11)10-6/h4-5,7H,3,9H2,1-2H3,(H,10,11). The molecule has 1 aromatic rings. The van der Waals surface area contributed by atoms with Crippen molar-refractivity contribution in [1.82, 2.24) is 4.98 Å².